The number of aliphatic hydroxyl groups is 2. The number of aliphatic hydroxyl groups excluding tert-OH is 2. The first kappa shape index (κ1) is 13.6. The summed E-state index contributed by atoms with van der Waals surface area (Å²) in [4.78, 5) is 2.05. The second-order valence-corrected chi connectivity index (χ2v) is 5.02. The molecule has 1 heterocycles. The van der Waals surface area contributed by atoms with Crippen molar-refractivity contribution in [2.45, 2.75) is 25.1 Å². The molecule has 100 valence electrons. The average Bonchev–Trinajstić information content (AvgIpc) is 2.72. The van der Waals surface area contributed by atoms with Crippen molar-refractivity contribution in [1.82, 2.24) is 4.90 Å². The summed E-state index contributed by atoms with van der Waals surface area (Å²) in [6.07, 6.45) is 0.240. The van der Waals surface area contributed by atoms with E-state index >= 15 is 0 Å². The molecule has 1 aliphatic heterocycles. The predicted octanol–water partition coefficient (Wildman–Crippen LogP) is 1.28. The number of ether oxygens (including phenoxy) is 1. The fraction of sp³-hybridized carbons (Fsp3) is 0.538. The molecule has 1 aromatic rings. The quantitative estimate of drug-likeness (QED) is 0.866. The monoisotopic (exact) mass is 271 g/mol. The molecule has 1 fully saturated rings. The van der Waals surface area contributed by atoms with Gasteiger partial charge in [0.15, 0.2) is 0 Å². The van der Waals surface area contributed by atoms with Gasteiger partial charge >= 0.3 is 0 Å². The lowest BCUT2D eigenvalue weighted by Crippen LogP contribution is -2.32. The molecule has 0 amide bonds. The van der Waals surface area contributed by atoms with E-state index < -0.39 is 0 Å². The Morgan fingerprint density at radius 2 is 2.28 bits per heavy atom. The van der Waals surface area contributed by atoms with Gasteiger partial charge in [0.2, 0.25) is 0 Å². The molecule has 0 spiro atoms. The molecule has 5 heteroatoms. The van der Waals surface area contributed by atoms with Crippen molar-refractivity contribution in [3.05, 3.63) is 28.8 Å². The van der Waals surface area contributed by atoms with E-state index in [4.69, 9.17) is 16.3 Å². The van der Waals surface area contributed by atoms with Crippen LogP contribution in [0.5, 0.6) is 5.75 Å². The van der Waals surface area contributed by atoms with Crippen LogP contribution in [0.25, 0.3) is 0 Å². The maximum atomic E-state index is 9.64. The molecule has 0 radical (unpaired) electrons. The van der Waals surface area contributed by atoms with Crippen LogP contribution in [-0.4, -0.2) is 47.5 Å². The van der Waals surface area contributed by atoms with Crippen LogP contribution >= 0.6 is 11.6 Å². The zero-order valence-electron chi connectivity index (χ0n) is 10.3. The van der Waals surface area contributed by atoms with E-state index in [0.717, 1.165) is 11.3 Å². The number of benzene rings is 1. The number of methoxy groups -OCH3 is 1. The van der Waals surface area contributed by atoms with Crippen LogP contribution in [0.3, 0.4) is 0 Å². The number of nitrogens with zero attached hydrogens (tertiary/aromatic N) is 1. The summed E-state index contributed by atoms with van der Waals surface area (Å²) >= 11 is 6.15. The Kier molecular flexibility index (Phi) is 4.45. The standard InChI is InChI=1S/C13H18ClNO3/c1-18-12-2-3-13(14)9(4-12)6-15-7-11(17)5-10(15)8-16/h2-4,10-11,16-17H,5-8H2,1H3. The second kappa shape index (κ2) is 5.89. The highest BCUT2D eigenvalue weighted by atomic mass is 35.5. The van der Waals surface area contributed by atoms with Gasteiger partial charge in [-0.3, -0.25) is 4.90 Å². The van der Waals surface area contributed by atoms with Crippen molar-refractivity contribution in [2.75, 3.05) is 20.3 Å². The number of β-amino-alcohol motifs (C(OH)–C–C–N with tert-alkyl or cyclic N) is 1. The summed E-state index contributed by atoms with van der Waals surface area (Å²) in [6.45, 7) is 1.23. The molecule has 2 N–H and O–H groups in total. The largest absolute Gasteiger partial charge is 0.497 e. The Bertz CT molecular complexity index is 413. The summed E-state index contributed by atoms with van der Waals surface area (Å²) in [5.74, 6) is 0.759. The fourth-order valence-corrected chi connectivity index (χ4v) is 2.54. The highest BCUT2D eigenvalue weighted by molar-refractivity contribution is 6.31. The van der Waals surface area contributed by atoms with E-state index in [1.54, 1.807) is 13.2 Å². The predicted molar refractivity (Wildman–Crippen MR) is 69.9 cm³/mol. The summed E-state index contributed by atoms with van der Waals surface area (Å²) in [5, 5.41) is 19.6. The fourth-order valence-electron chi connectivity index (χ4n) is 2.36. The van der Waals surface area contributed by atoms with Crippen LogP contribution < -0.4 is 4.74 Å². The van der Waals surface area contributed by atoms with Crippen molar-refractivity contribution in [3.63, 3.8) is 0 Å². The van der Waals surface area contributed by atoms with E-state index in [-0.39, 0.29) is 18.8 Å². The molecule has 2 atom stereocenters. The maximum Gasteiger partial charge on any atom is 0.119 e. The van der Waals surface area contributed by atoms with E-state index in [0.29, 0.717) is 24.5 Å². The first-order valence-corrected chi connectivity index (χ1v) is 6.37. The lowest BCUT2D eigenvalue weighted by Gasteiger charge is -2.23. The van der Waals surface area contributed by atoms with Gasteiger partial charge in [-0.1, -0.05) is 11.6 Å². The molecule has 1 aliphatic rings. The molecular weight excluding hydrogens is 254 g/mol. The van der Waals surface area contributed by atoms with Crippen molar-refractivity contribution in [2.24, 2.45) is 0 Å². The first-order valence-electron chi connectivity index (χ1n) is 5.99. The zero-order valence-corrected chi connectivity index (χ0v) is 11.1. The number of rotatable bonds is 4. The van der Waals surface area contributed by atoms with Crippen LogP contribution in [0.1, 0.15) is 12.0 Å². The van der Waals surface area contributed by atoms with Gasteiger partial charge in [-0.2, -0.15) is 0 Å². The van der Waals surface area contributed by atoms with Gasteiger partial charge in [0.05, 0.1) is 19.8 Å². The SMILES string of the molecule is COc1ccc(Cl)c(CN2CC(O)CC2CO)c1. The van der Waals surface area contributed by atoms with Crippen molar-refractivity contribution < 1.29 is 14.9 Å². The Morgan fingerprint density at radius 3 is 2.94 bits per heavy atom. The second-order valence-electron chi connectivity index (χ2n) is 4.61. The van der Waals surface area contributed by atoms with Gasteiger partial charge in [-0.25, -0.2) is 0 Å². The third-order valence-corrected chi connectivity index (χ3v) is 3.71. The van der Waals surface area contributed by atoms with Crippen molar-refractivity contribution in [3.8, 4) is 5.75 Å². The van der Waals surface area contributed by atoms with Gasteiger partial charge in [0.25, 0.3) is 0 Å². The maximum absolute atomic E-state index is 9.64. The lowest BCUT2D eigenvalue weighted by molar-refractivity contribution is 0.150. The molecule has 2 unspecified atom stereocenters. The first-order chi connectivity index (χ1) is 8.63. The van der Waals surface area contributed by atoms with Crippen LogP contribution in [-0.2, 0) is 6.54 Å². The average molecular weight is 272 g/mol. The third kappa shape index (κ3) is 2.95. The van der Waals surface area contributed by atoms with Crippen LogP contribution in [0.2, 0.25) is 5.02 Å². The number of hydrogen-bond donors (Lipinski definition) is 2. The minimum Gasteiger partial charge on any atom is -0.497 e. The van der Waals surface area contributed by atoms with Gasteiger partial charge in [-0.15, -0.1) is 0 Å². The van der Waals surface area contributed by atoms with Crippen LogP contribution in [0.4, 0.5) is 0 Å². The molecule has 1 saturated heterocycles. The number of likely N-dealkylation sites (tertiary alicyclic amines) is 1. The lowest BCUT2D eigenvalue weighted by atomic mass is 10.1. The molecular formula is C13H18ClNO3. The Hall–Kier alpha value is -0.810. The topological polar surface area (TPSA) is 52.9 Å². The third-order valence-electron chi connectivity index (χ3n) is 3.34. The van der Waals surface area contributed by atoms with Gasteiger partial charge < -0.3 is 14.9 Å². The van der Waals surface area contributed by atoms with E-state index in [2.05, 4.69) is 0 Å². The molecule has 0 aliphatic carbocycles. The van der Waals surface area contributed by atoms with Gasteiger partial charge in [0, 0.05) is 24.2 Å². The number of halogens is 1. The molecule has 1 aromatic carbocycles. The summed E-state index contributed by atoms with van der Waals surface area (Å²) in [7, 11) is 1.61. The molecule has 18 heavy (non-hydrogen) atoms. The van der Waals surface area contributed by atoms with E-state index in [1.807, 2.05) is 17.0 Å². The molecule has 0 bridgehead atoms. The Morgan fingerprint density at radius 1 is 1.50 bits per heavy atom. The summed E-state index contributed by atoms with van der Waals surface area (Å²) in [5.41, 5.74) is 0.948. The normalized spacial score (nSPS) is 24.4. The van der Waals surface area contributed by atoms with Crippen LogP contribution in [0.15, 0.2) is 18.2 Å². The van der Waals surface area contributed by atoms with E-state index in [1.165, 1.54) is 0 Å². The van der Waals surface area contributed by atoms with Crippen LogP contribution in [0, 0.1) is 0 Å². The molecule has 2 rings (SSSR count). The summed E-state index contributed by atoms with van der Waals surface area (Å²) in [6, 6.07) is 5.51. The molecule has 0 aromatic heterocycles. The molecule has 4 nitrogen and oxygen atoms in total. The minimum absolute atomic E-state index is 0.00210. The van der Waals surface area contributed by atoms with Gasteiger partial charge in [0.1, 0.15) is 5.75 Å². The summed E-state index contributed by atoms with van der Waals surface area (Å²) < 4.78 is 5.17. The highest BCUT2D eigenvalue weighted by Gasteiger charge is 2.30. The minimum atomic E-state index is -0.369. The Labute approximate surface area is 112 Å². The zero-order chi connectivity index (χ0) is 13.1. The van der Waals surface area contributed by atoms with Crippen molar-refractivity contribution in [1.29, 1.82) is 0 Å². The molecule has 0 saturated carbocycles. The Balaban J connectivity index is 2.13. The highest BCUT2D eigenvalue weighted by Crippen LogP contribution is 2.26. The van der Waals surface area contributed by atoms with Crippen molar-refractivity contribution >= 4 is 11.6 Å². The number of hydrogen-bond acceptors (Lipinski definition) is 4. The smallest absolute Gasteiger partial charge is 0.119 e. The van der Waals surface area contributed by atoms with Gasteiger partial charge in [-0.05, 0) is 30.2 Å². The van der Waals surface area contributed by atoms with E-state index in [9.17, 15) is 10.2 Å².